The van der Waals surface area contributed by atoms with Gasteiger partial charge in [0, 0.05) is 55.2 Å². The van der Waals surface area contributed by atoms with Gasteiger partial charge in [-0.25, -0.2) is 0 Å². The zero-order valence-corrected chi connectivity index (χ0v) is 27.9. The predicted molar refractivity (Wildman–Crippen MR) is 214 cm³/mol. The van der Waals surface area contributed by atoms with Crippen molar-refractivity contribution in [1.29, 1.82) is 0 Å². The average Bonchev–Trinajstić information content (AvgIpc) is 3.90. The van der Waals surface area contributed by atoms with E-state index in [1.165, 1.54) is 0 Å². The zero-order chi connectivity index (χ0) is 34.2. The molecule has 244 valence electrons. The Hall–Kier alpha value is -7.04. The molecule has 52 heavy (non-hydrogen) atoms. The second-order valence-electron chi connectivity index (χ2n) is 13.2. The van der Waals surface area contributed by atoms with Gasteiger partial charge in [0.1, 0.15) is 27.9 Å². The summed E-state index contributed by atoms with van der Waals surface area (Å²) in [5.74, 6) is 0. The van der Waals surface area contributed by atoms with Crippen molar-refractivity contribution in [2.75, 3.05) is 4.90 Å². The molecular weight excluding hydrogens is 639 g/mol. The number of anilines is 3. The molecule has 0 atom stereocenters. The van der Waals surface area contributed by atoms with Crippen molar-refractivity contribution in [3.63, 3.8) is 0 Å². The van der Waals surface area contributed by atoms with Crippen LogP contribution in [0.25, 0.3) is 88.1 Å². The minimum atomic E-state index is 0.825. The first-order valence-electron chi connectivity index (χ1n) is 17.5. The summed E-state index contributed by atoms with van der Waals surface area (Å²) in [6, 6.07) is 61.2. The molecule has 0 spiro atoms. The van der Waals surface area contributed by atoms with Crippen LogP contribution in [-0.4, -0.2) is 0 Å². The predicted octanol–water partition coefficient (Wildman–Crippen LogP) is 14.2. The van der Waals surface area contributed by atoms with Crippen molar-refractivity contribution < 1.29 is 13.3 Å². The number of hydrogen-bond acceptors (Lipinski definition) is 4. The van der Waals surface area contributed by atoms with Gasteiger partial charge in [-0.1, -0.05) is 127 Å². The van der Waals surface area contributed by atoms with Crippen molar-refractivity contribution in [2.45, 2.75) is 0 Å². The molecule has 0 aliphatic rings. The summed E-state index contributed by atoms with van der Waals surface area (Å²) in [6.07, 6.45) is 0. The third kappa shape index (κ3) is 4.34. The van der Waals surface area contributed by atoms with Crippen molar-refractivity contribution in [3.05, 3.63) is 176 Å². The highest BCUT2D eigenvalue weighted by Gasteiger charge is 2.22. The lowest BCUT2D eigenvalue weighted by atomic mass is 10.0. The molecule has 0 bridgehead atoms. The van der Waals surface area contributed by atoms with Crippen LogP contribution in [0.4, 0.5) is 17.1 Å². The lowest BCUT2D eigenvalue weighted by Crippen LogP contribution is -2.10. The van der Waals surface area contributed by atoms with E-state index >= 15 is 0 Å². The summed E-state index contributed by atoms with van der Waals surface area (Å²) in [5, 5.41) is 6.58. The van der Waals surface area contributed by atoms with Gasteiger partial charge in [0.15, 0.2) is 5.58 Å². The molecule has 0 aliphatic heterocycles. The summed E-state index contributed by atoms with van der Waals surface area (Å²) < 4.78 is 19.7. The molecule has 0 N–H and O–H groups in total. The maximum Gasteiger partial charge on any atom is 0.159 e. The van der Waals surface area contributed by atoms with Gasteiger partial charge >= 0.3 is 0 Å². The molecule has 4 heteroatoms. The van der Waals surface area contributed by atoms with Crippen molar-refractivity contribution in [3.8, 4) is 22.3 Å². The quantitative estimate of drug-likeness (QED) is 0.183. The number of hydrogen-bond donors (Lipinski definition) is 0. The Morgan fingerprint density at radius 1 is 0.308 bits per heavy atom. The topological polar surface area (TPSA) is 42.7 Å². The maximum atomic E-state index is 6.72. The Kier molecular flexibility index (Phi) is 6.22. The molecule has 0 saturated heterocycles. The second-order valence-corrected chi connectivity index (χ2v) is 13.2. The van der Waals surface area contributed by atoms with Crippen molar-refractivity contribution >= 4 is 82.9 Å². The van der Waals surface area contributed by atoms with Gasteiger partial charge < -0.3 is 18.2 Å². The number of furan rings is 3. The highest BCUT2D eigenvalue weighted by Crippen LogP contribution is 2.45. The molecule has 0 saturated carbocycles. The summed E-state index contributed by atoms with van der Waals surface area (Å²) in [6.45, 7) is 0. The number of para-hydroxylation sites is 5. The summed E-state index contributed by atoms with van der Waals surface area (Å²) in [5.41, 5.74) is 12.4. The number of benzene rings is 8. The van der Waals surface area contributed by atoms with E-state index in [1.54, 1.807) is 0 Å². The van der Waals surface area contributed by atoms with E-state index in [-0.39, 0.29) is 0 Å². The Bertz CT molecular complexity index is 3130. The largest absolute Gasteiger partial charge is 0.455 e. The first kappa shape index (κ1) is 28.8. The van der Waals surface area contributed by atoms with Gasteiger partial charge in [-0.15, -0.1) is 0 Å². The molecule has 0 radical (unpaired) electrons. The van der Waals surface area contributed by atoms with Crippen molar-refractivity contribution in [1.82, 2.24) is 0 Å². The molecule has 0 aliphatic carbocycles. The summed E-state index contributed by atoms with van der Waals surface area (Å²) >= 11 is 0. The van der Waals surface area contributed by atoms with Gasteiger partial charge in [-0.3, -0.25) is 0 Å². The van der Waals surface area contributed by atoms with E-state index < -0.39 is 0 Å². The van der Waals surface area contributed by atoms with Crippen LogP contribution in [-0.2, 0) is 0 Å². The zero-order valence-electron chi connectivity index (χ0n) is 27.9. The Morgan fingerprint density at radius 3 is 1.46 bits per heavy atom. The summed E-state index contributed by atoms with van der Waals surface area (Å²) in [7, 11) is 0. The fourth-order valence-electron chi connectivity index (χ4n) is 7.87. The van der Waals surface area contributed by atoms with E-state index in [2.05, 4.69) is 150 Å². The smallest absolute Gasteiger partial charge is 0.159 e. The highest BCUT2D eigenvalue weighted by molar-refractivity contribution is 6.13. The molecule has 3 heterocycles. The lowest BCUT2D eigenvalue weighted by Gasteiger charge is -2.25. The Balaban J connectivity index is 1.10. The fraction of sp³-hybridized carbons (Fsp3) is 0. The third-order valence-electron chi connectivity index (χ3n) is 10.3. The summed E-state index contributed by atoms with van der Waals surface area (Å²) in [4.78, 5) is 2.26. The Labute approximate surface area is 298 Å². The van der Waals surface area contributed by atoms with Crippen LogP contribution in [0.5, 0.6) is 0 Å². The maximum absolute atomic E-state index is 6.72. The SMILES string of the molecule is c1ccc(-c2cccc3c2oc2cc(N(c4ccc(-c5cccc6c5oc5ccccc56)cc4)c4cccc5c4oc4ccccc45)ccc23)cc1. The van der Waals surface area contributed by atoms with Crippen LogP contribution in [0.2, 0.25) is 0 Å². The Morgan fingerprint density at radius 2 is 0.788 bits per heavy atom. The van der Waals surface area contributed by atoms with Gasteiger partial charge in [0.25, 0.3) is 0 Å². The van der Waals surface area contributed by atoms with Gasteiger partial charge in [0.05, 0.1) is 11.4 Å². The molecule has 11 rings (SSSR count). The standard InChI is InChI=1S/C48H29NO3/c1-2-11-30(12-3-1)34-15-8-18-40-38-28-27-33(29-45(38)52-47(34)40)49(42-20-10-19-41-37-14-5-7-22-44(37)51-48(41)42)32-25-23-31(24-26-32)35-16-9-17-39-36-13-4-6-21-43(36)50-46(35)39/h1-29H. The molecule has 0 amide bonds. The first-order valence-corrected chi connectivity index (χ1v) is 17.5. The molecule has 3 aromatic heterocycles. The number of rotatable bonds is 5. The molecule has 0 unspecified atom stereocenters. The van der Waals surface area contributed by atoms with E-state index in [9.17, 15) is 0 Å². The minimum Gasteiger partial charge on any atom is -0.455 e. The van der Waals surface area contributed by atoms with Crippen LogP contribution in [0.15, 0.2) is 189 Å². The highest BCUT2D eigenvalue weighted by atomic mass is 16.3. The van der Waals surface area contributed by atoms with Crippen LogP contribution in [0.3, 0.4) is 0 Å². The second kappa shape index (κ2) is 11.2. The molecular formula is C48H29NO3. The first-order chi connectivity index (χ1) is 25.8. The van der Waals surface area contributed by atoms with E-state index in [4.69, 9.17) is 13.3 Å². The van der Waals surface area contributed by atoms with Crippen molar-refractivity contribution in [2.24, 2.45) is 0 Å². The van der Waals surface area contributed by atoms with Crippen LogP contribution in [0, 0.1) is 0 Å². The molecule has 4 nitrogen and oxygen atoms in total. The van der Waals surface area contributed by atoms with Gasteiger partial charge in [0.2, 0.25) is 0 Å². The minimum absolute atomic E-state index is 0.825. The van der Waals surface area contributed by atoms with E-state index in [0.29, 0.717) is 0 Å². The lowest BCUT2D eigenvalue weighted by molar-refractivity contribution is 0.668. The average molecular weight is 668 g/mol. The van der Waals surface area contributed by atoms with E-state index in [1.807, 2.05) is 30.3 Å². The molecule has 0 fully saturated rings. The van der Waals surface area contributed by atoms with Crippen LogP contribution in [0.1, 0.15) is 0 Å². The fourth-order valence-corrected chi connectivity index (χ4v) is 7.87. The molecule has 8 aromatic carbocycles. The van der Waals surface area contributed by atoms with Gasteiger partial charge in [-0.2, -0.15) is 0 Å². The molecule has 11 aromatic rings. The normalized spacial score (nSPS) is 11.8. The monoisotopic (exact) mass is 667 g/mol. The van der Waals surface area contributed by atoms with E-state index in [0.717, 1.165) is 105 Å². The number of nitrogens with zero attached hydrogens (tertiary/aromatic N) is 1. The third-order valence-corrected chi connectivity index (χ3v) is 10.3. The van der Waals surface area contributed by atoms with Gasteiger partial charge in [-0.05, 0) is 53.6 Å². The van der Waals surface area contributed by atoms with Crippen LogP contribution >= 0.6 is 0 Å². The van der Waals surface area contributed by atoms with Crippen LogP contribution < -0.4 is 4.90 Å². The number of fused-ring (bicyclic) bond motifs is 9.